The number of nitrogens with two attached hydrogens (primary N) is 1. The van der Waals surface area contributed by atoms with E-state index in [1.54, 1.807) is 6.92 Å². The highest BCUT2D eigenvalue weighted by atomic mass is 16.3. The third kappa shape index (κ3) is 1.45. The van der Waals surface area contributed by atoms with E-state index in [2.05, 4.69) is 5.10 Å². The summed E-state index contributed by atoms with van der Waals surface area (Å²) >= 11 is 0. The van der Waals surface area contributed by atoms with Crippen molar-refractivity contribution in [2.75, 3.05) is 6.61 Å². The summed E-state index contributed by atoms with van der Waals surface area (Å²) in [6, 6.07) is 1.30. The van der Waals surface area contributed by atoms with Crippen LogP contribution in [0.25, 0.3) is 0 Å². The number of amides is 1. The molecule has 12 heavy (non-hydrogen) atoms. The van der Waals surface area contributed by atoms with Crippen molar-refractivity contribution in [3.8, 4) is 0 Å². The summed E-state index contributed by atoms with van der Waals surface area (Å²) in [5, 5.41) is 12.7. The summed E-state index contributed by atoms with van der Waals surface area (Å²) in [4.78, 5) is 10.8. The van der Waals surface area contributed by atoms with Crippen molar-refractivity contribution in [3.63, 3.8) is 0 Å². The summed E-state index contributed by atoms with van der Waals surface area (Å²) in [6.45, 7) is 1.68. The highest BCUT2D eigenvalue weighted by Crippen LogP contribution is 2.06. The fourth-order valence-corrected chi connectivity index (χ4v) is 0.938. The third-order valence-corrected chi connectivity index (χ3v) is 1.60. The molecule has 0 aliphatic heterocycles. The largest absolute Gasteiger partial charge is 0.394 e. The van der Waals surface area contributed by atoms with Crippen molar-refractivity contribution >= 4 is 5.91 Å². The first kappa shape index (κ1) is 8.73. The summed E-state index contributed by atoms with van der Waals surface area (Å²) in [6.07, 6.45) is 1.48. The Kier molecular flexibility index (Phi) is 2.44. The van der Waals surface area contributed by atoms with Crippen LogP contribution >= 0.6 is 0 Å². The van der Waals surface area contributed by atoms with Crippen LogP contribution in [0.4, 0.5) is 0 Å². The number of carbonyl (C=O) groups excluding carboxylic acids is 1. The van der Waals surface area contributed by atoms with E-state index in [4.69, 9.17) is 10.8 Å². The van der Waals surface area contributed by atoms with Gasteiger partial charge in [0.05, 0.1) is 12.6 Å². The molecule has 0 unspecified atom stereocenters. The smallest absolute Gasteiger partial charge is 0.266 e. The predicted molar refractivity (Wildman–Crippen MR) is 42.5 cm³/mol. The first-order valence-electron chi connectivity index (χ1n) is 3.61. The van der Waals surface area contributed by atoms with Gasteiger partial charge in [-0.15, -0.1) is 0 Å². The van der Waals surface area contributed by atoms with Crippen LogP contribution in [0.2, 0.25) is 0 Å². The molecule has 1 aromatic rings. The van der Waals surface area contributed by atoms with Crippen LogP contribution in [-0.4, -0.2) is 27.4 Å². The molecule has 1 rings (SSSR count). The quantitative estimate of drug-likeness (QED) is 0.642. The number of primary amides is 1. The lowest BCUT2D eigenvalue weighted by atomic mass is 10.3. The molecular weight excluding hydrogens is 158 g/mol. The number of rotatable bonds is 3. The maximum absolute atomic E-state index is 10.8. The van der Waals surface area contributed by atoms with Crippen molar-refractivity contribution in [1.29, 1.82) is 0 Å². The van der Waals surface area contributed by atoms with Gasteiger partial charge in [0.25, 0.3) is 5.91 Å². The molecule has 0 aromatic carbocycles. The molecular formula is C7H11N3O2. The van der Waals surface area contributed by atoms with Crippen LogP contribution in [0.5, 0.6) is 0 Å². The number of carbonyl (C=O) groups is 1. The molecule has 0 fully saturated rings. The summed E-state index contributed by atoms with van der Waals surface area (Å²) in [7, 11) is 0. The molecule has 1 heterocycles. The summed E-state index contributed by atoms with van der Waals surface area (Å²) in [5.41, 5.74) is 5.39. The lowest BCUT2D eigenvalue weighted by Crippen LogP contribution is -2.21. The van der Waals surface area contributed by atoms with Gasteiger partial charge in [-0.1, -0.05) is 0 Å². The fourth-order valence-electron chi connectivity index (χ4n) is 0.938. The van der Waals surface area contributed by atoms with Crippen molar-refractivity contribution in [3.05, 3.63) is 18.0 Å². The second-order valence-corrected chi connectivity index (χ2v) is 2.56. The van der Waals surface area contributed by atoms with Gasteiger partial charge in [-0.3, -0.25) is 9.48 Å². The number of hydrogen-bond donors (Lipinski definition) is 2. The van der Waals surface area contributed by atoms with Crippen LogP contribution in [0.3, 0.4) is 0 Å². The Hall–Kier alpha value is -1.36. The van der Waals surface area contributed by atoms with E-state index >= 15 is 0 Å². The number of aliphatic hydroxyl groups excluding tert-OH is 1. The minimum Gasteiger partial charge on any atom is -0.394 e. The van der Waals surface area contributed by atoms with Gasteiger partial charge in [0.1, 0.15) is 5.69 Å². The van der Waals surface area contributed by atoms with Gasteiger partial charge in [0.15, 0.2) is 0 Å². The Morgan fingerprint density at radius 1 is 1.92 bits per heavy atom. The van der Waals surface area contributed by atoms with E-state index in [1.165, 1.54) is 16.9 Å². The molecule has 1 aromatic heterocycles. The lowest BCUT2D eigenvalue weighted by molar-refractivity contribution is 0.0984. The maximum Gasteiger partial charge on any atom is 0.266 e. The Bertz CT molecular complexity index is 282. The van der Waals surface area contributed by atoms with E-state index in [0.717, 1.165) is 0 Å². The summed E-state index contributed by atoms with van der Waals surface area (Å²) < 4.78 is 1.41. The van der Waals surface area contributed by atoms with E-state index in [9.17, 15) is 4.79 Å². The van der Waals surface area contributed by atoms with E-state index in [1.807, 2.05) is 0 Å². The van der Waals surface area contributed by atoms with E-state index in [0.29, 0.717) is 5.69 Å². The molecule has 1 atom stereocenters. The number of aliphatic hydroxyl groups is 1. The first-order valence-corrected chi connectivity index (χ1v) is 3.61. The number of hydrogen-bond acceptors (Lipinski definition) is 3. The molecule has 5 nitrogen and oxygen atoms in total. The van der Waals surface area contributed by atoms with E-state index < -0.39 is 5.91 Å². The third-order valence-electron chi connectivity index (χ3n) is 1.60. The highest BCUT2D eigenvalue weighted by molar-refractivity contribution is 5.90. The van der Waals surface area contributed by atoms with Crippen molar-refractivity contribution < 1.29 is 9.90 Å². The molecule has 1 amide bonds. The Balaban J connectivity index is 2.98. The van der Waals surface area contributed by atoms with Crippen molar-refractivity contribution in [2.24, 2.45) is 5.73 Å². The molecule has 0 aliphatic carbocycles. The van der Waals surface area contributed by atoms with Gasteiger partial charge in [-0.2, -0.15) is 5.10 Å². The van der Waals surface area contributed by atoms with Crippen molar-refractivity contribution in [2.45, 2.75) is 13.0 Å². The SMILES string of the molecule is C[C@@H](CO)n1nccc1C(N)=O. The van der Waals surface area contributed by atoms with Crippen LogP contribution in [-0.2, 0) is 0 Å². The monoisotopic (exact) mass is 169 g/mol. The Labute approximate surface area is 69.8 Å². The minimum atomic E-state index is -0.534. The highest BCUT2D eigenvalue weighted by Gasteiger charge is 2.12. The standard InChI is InChI=1S/C7H11N3O2/c1-5(4-11)10-6(7(8)12)2-3-9-10/h2-3,5,11H,4H2,1H3,(H2,8,12)/t5-/m0/s1. The molecule has 3 N–H and O–H groups in total. The zero-order valence-corrected chi connectivity index (χ0v) is 6.77. The van der Waals surface area contributed by atoms with Crippen LogP contribution in [0, 0.1) is 0 Å². The first-order chi connectivity index (χ1) is 5.66. The molecule has 0 spiro atoms. The fraction of sp³-hybridized carbons (Fsp3) is 0.429. The zero-order chi connectivity index (χ0) is 9.14. The second-order valence-electron chi connectivity index (χ2n) is 2.56. The van der Waals surface area contributed by atoms with Gasteiger partial charge in [-0.05, 0) is 13.0 Å². The molecule has 5 heteroatoms. The normalized spacial score (nSPS) is 12.8. The van der Waals surface area contributed by atoms with Crippen LogP contribution in [0.15, 0.2) is 12.3 Å². The Morgan fingerprint density at radius 3 is 3.08 bits per heavy atom. The minimum absolute atomic E-state index is 0.0675. The Morgan fingerprint density at radius 2 is 2.58 bits per heavy atom. The lowest BCUT2D eigenvalue weighted by Gasteiger charge is -2.10. The average molecular weight is 169 g/mol. The van der Waals surface area contributed by atoms with Gasteiger partial charge >= 0.3 is 0 Å². The topological polar surface area (TPSA) is 81.1 Å². The average Bonchev–Trinajstić information content (AvgIpc) is 2.50. The molecule has 0 radical (unpaired) electrons. The van der Waals surface area contributed by atoms with Gasteiger partial charge in [0.2, 0.25) is 0 Å². The molecule has 0 saturated heterocycles. The maximum atomic E-state index is 10.8. The van der Waals surface area contributed by atoms with Gasteiger partial charge in [0, 0.05) is 6.20 Å². The van der Waals surface area contributed by atoms with E-state index in [-0.39, 0.29) is 12.6 Å². The summed E-state index contributed by atoms with van der Waals surface area (Å²) in [5.74, 6) is -0.534. The number of aromatic nitrogens is 2. The molecule has 0 bridgehead atoms. The number of nitrogens with zero attached hydrogens (tertiary/aromatic N) is 2. The van der Waals surface area contributed by atoms with Crippen LogP contribution in [0.1, 0.15) is 23.5 Å². The molecule has 66 valence electrons. The predicted octanol–water partition coefficient (Wildman–Crippen LogP) is -0.465. The molecule has 0 saturated carbocycles. The van der Waals surface area contributed by atoms with Crippen molar-refractivity contribution in [1.82, 2.24) is 9.78 Å². The zero-order valence-electron chi connectivity index (χ0n) is 6.77. The van der Waals surface area contributed by atoms with Crippen LogP contribution < -0.4 is 5.73 Å². The molecule has 0 aliphatic rings. The second kappa shape index (κ2) is 3.36. The van der Waals surface area contributed by atoms with Gasteiger partial charge < -0.3 is 10.8 Å². The van der Waals surface area contributed by atoms with Gasteiger partial charge in [-0.25, -0.2) is 0 Å².